The van der Waals surface area contributed by atoms with Gasteiger partial charge in [0.05, 0.1) is 6.54 Å². The summed E-state index contributed by atoms with van der Waals surface area (Å²) in [7, 11) is 0. The minimum atomic E-state index is 0.447. The highest BCUT2D eigenvalue weighted by Gasteiger charge is 2.06. The Kier molecular flexibility index (Phi) is 4.04. The first kappa shape index (κ1) is 11.7. The Morgan fingerprint density at radius 1 is 1.44 bits per heavy atom. The van der Waals surface area contributed by atoms with Gasteiger partial charge >= 0.3 is 0 Å². The molecule has 1 unspecified atom stereocenters. The molecule has 1 N–H and O–H groups in total. The normalized spacial score (nSPS) is 12.9. The zero-order chi connectivity index (χ0) is 11.4. The molecule has 0 aliphatic heterocycles. The van der Waals surface area contributed by atoms with E-state index in [0.29, 0.717) is 11.1 Å². The molecule has 86 valence electrons. The molecule has 1 atom stereocenters. The van der Waals surface area contributed by atoms with E-state index in [0.717, 1.165) is 18.8 Å². The summed E-state index contributed by atoms with van der Waals surface area (Å²) in [4.78, 5) is 0. The van der Waals surface area contributed by atoms with Crippen LogP contribution in [-0.2, 0) is 6.54 Å². The van der Waals surface area contributed by atoms with Crippen molar-refractivity contribution in [1.82, 2.24) is 5.32 Å². The van der Waals surface area contributed by atoms with Gasteiger partial charge in [-0.3, -0.25) is 0 Å². The van der Waals surface area contributed by atoms with E-state index < -0.39 is 0 Å². The quantitative estimate of drug-likeness (QED) is 0.877. The lowest BCUT2D eigenvalue weighted by molar-refractivity contribution is 0.478. The number of hydrogen-bond acceptors (Lipinski definition) is 3. The first-order valence-corrected chi connectivity index (χ1v) is 6.55. The van der Waals surface area contributed by atoms with Gasteiger partial charge in [-0.15, -0.1) is 0 Å². The summed E-state index contributed by atoms with van der Waals surface area (Å²) < 4.78 is 5.26. The van der Waals surface area contributed by atoms with E-state index in [-0.39, 0.29) is 0 Å². The third kappa shape index (κ3) is 3.11. The van der Waals surface area contributed by atoms with Gasteiger partial charge in [0.15, 0.2) is 5.22 Å². The van der Waals surface area contributed by atoms with Gasteiger partial charge in [-0.25, -0.2) is 0 Å². The summed E-state index contributed by atoms with van der Waals surface area (Å²) in [6.07, 6.45) is 0. The average Bonchev–Trinajstić information content (AvgIpc) is 2.89. The molecule has 2 nitrogen and oxygen atoms in total. The molecule has 0 aliphatic carbocycles. The number of rotatable bonds is 5. The van der Waals surface area contributed by atoms with Gasteiger partial charge in [0.25, 0.3) is 0 Å². The van der Waals surface area contributed by atoms with E-state index in [1.54, 1.807) is 17.4 Å². The standard InChI is InChI=1S/C12H14ClNOS/c1-9(10-4-5-16-8-10)6-14-7-11-2-3-12(13)15-11/h2-5,8-9,14H,6-7H2,1H3. The van der Waals surface area contributed by atoms with Gasteiger partial charge in [-0.05, 0) is 52.0 Å². The van der Waals surface area contributed by atoms with Gasteiger partial charge in [0.1, 0.15) is 5.76 Å². The molecule has 0 saturated carbocycles. The molecular formula is C12H14ClNOS. The molecule has 2 rings (SSSR count). The fraction of sp³-hybridized carbons (Fsp3) is 0.333. The molecule has 16 heavy (non-hydrogen) atoms. The minimum Gasteiger partial charge on any atom is -0.448 e. The zero-order valence-electron chi connectivity index (χ0n) is 9.07. The Balaban J connectivity index is 1.76. The van der Waals surface area contributed by atoms with Crippen molar-refractivity contribution in [2.45, 2.75) is 19.4 Å². The van der Waals surface area contributed by atoms with Crippen molar-refractivity contribution >= 4 is 22.9 Å². The van der Waals surface area contributed by atoms with E-state index in [4.69, 9.17) is 16.0 Å². The number of furan rings is 1. The van der Waals surface area contributed by atoms with E-state index in [1.807, 2.05) is 6.07 Å². The van der Waals surface area contributed by atoms with Crippen LogP contribution in [0.3, 0.4) is 0 Å². The SMILES string of the molecule is CC(CNCc1ccc(Cl)o1)c1ccsc1. The second-order valence-corrected chi connectivity index (χ2v) is 4.95. The molecule has 2 heterocycles. The molecule has 0 amide bonds. The zero-order valence-corrected chi connectivity index (χ0v) is 10.6. The van der Waals surface area contributed by atoms with Crippen LogP contribution >= 0.6 is 22.9 Å². The Morgan fingerprint density at radius 3 is 2.94 bits per heavy atom. The van der Waals surface area contributed by atoms with Crippen LogP contribution in [-0.4, -0.2) is 6.54 Å². The summed E-state index contributed by atoms with van der Waals surface area (Å²) in [6, 6.07) is 5.83. The van der Waals surface area contributed by atoms with Crippen LogP contribution in [0, 0.1) is 0 Å². The highest BCUT2D eigenvalue weighted by Crippen LogP contribution is 2.17. The summed E-state index contributed by atoms with van der Waals surface area (Å²) in [5.74, 6) is 1.40. The van der Waals surface area contributed by atoms with E-state index in [2.05, 4.69) is 29.1 Å². The van der Waals surface area contributed by atoms with Crippen molar-refractivity contribution in [1.29, 1.82) is 0 Å². The molecule has 2 aromatic heterocycles. The van der Waals surface area contributed by atoms with E-state index >= 15 is 0 Å². The molecule has 2 aromatic rings. The molecule has 0 spiro atoms. The molecule has 0 aromatic carbocycles. The number of hydrogen-bond donors (Lipinski definition) is 1. The Bertz CT molecular complexity index is 424. The molecule has 0 aliphatic rings. The fourth-order valence-corrected chi connectivity index (χ4v) is 2.48. The van der Waals surface area contributed by atoms with Crippen LogP contribution in [0.15, 0.2) is 33.4 Å². The van der Waals surface area contributed by atoms with Gasteiger partial charge in [0.2, 0.25) is 0 Å². The first-order chi connectivity index (χ1) is 7.75. The molecule has 0 fully saturated rings. The van der Waals surface area contributed by atoms with Gasteiger partial charge < -0.3 is 9.73 Å². The van der Waals surface area contributed by atoms with Crippen LogP contribution < -0.4 is 5.32 Å². The first-order valence-electron chi connectivity index (χ1n) is 5.22. The van der Waals surface area contributed by atoms with Crippen molar-refractivity contribution in [2.75, 3.05) is 6.54 Å². The van der Waals surface area contributed by atoms with Crippen LogP contribution in [0.5, 0.6) is 0 Å². The highest BCUT2D eigenvalue weighted by molar-refractivity contribution is 7.07. The predicted octanol–water partition coefficient (Wildman–Crippen LogP) is 3.89. The lowest BCUT2D eigenvalue weighted by Crippen LogP contribution is -2.19. The topological polar surface area (TPSA) is 25.2 Å². The van der Waals surface area contributed by atoms with Crippen LogP contribution in [0.1, 0.15) is 24.2 Å². The molecule has 0 radical (unpaired) electrons. The minimum absolute atomic E-state index is 0.447. The van der Waals surface area contributed by atoms with E-state index in [1.165, 1.54) is 5.56 Å². The number of nitrogens with one attached hydrogen (secondary N) is 1. The smallest absolute Gasteiger partial charge is 0.193 e. The lowest BCUT2D eigenvalue weighted by Gasteiger charge is -2.10. The summed E-state index contributed by atoms with van der Waals surface area (Å²) in [5.41, 5.74) is 1.38. The molecule has 0 bridgehead atoms. The van der Waals surface area contributed by atoms with Gasteiger partial charge in [-0.1, -0.05) is 6.92 Å². The Labute approximate surface area is 104 Å². The maximum atomic E-state index is 5.69. The van der Waals surface area contributed by atoms with Crippen molar-refractivity contribution in [2.24, 2.45) is 0 Å². The molecule has 4 heteroatoms. The summed E-state index contributed by atoms with van der Waals surface area (Å²) >= 11 is 7.43. The number of thiophene rings is 1. The van der Waals surface area contributed by atoms with Crippen LogP contribution in [0.25, 0.3) is 0 Å². The van der Waals surface area contributed by atoms with E-state index in [9.17, 15) is 0 Å². The maximum absolute atomic E-state index is 5.69. The molecule has 0 saturated heterocycles. The van der Waals surface area contributed by atoms with Crippen molar-refractivity contribution < 1.29 is 4.42 Å². The second-order valence-electron chi connectivity index (χ2n) is 3.79. The maximum Gasteiger partial charge on any atom is 0.193 e. The summed E-state index contributed by atoms with van der Waals surface area (Å²) in [6.45, 7) is 3.88. The van der Waals surface area contributed by atoms with Crippen molar-refractivity contribution in [3.05, 3.63) is 45.5 Å². The Morgan fingerprint density at radius 2 is 2.31 bits per heavy atom. The third-order valence-electron chi connectivity index (χ3n) is 2.49. The average molecular weight is 256 g/mol. The lowest BCUT2D eigenvalue weighted by atomic mass is 10.1. The van der Waals surface area contributed by atoms with Crippen molar-refractivity contribution in [3.63, 3.8) is 0 Å². The highest BCUT2D eigenvalue weighted by atomic mass is 35.5. The second kappa shape index (κ2) is 5.53. The monoisotopic (exact) mass is 255 g/mol. The largest absolute Gasteiger partial charge is 0.448 e. The van der Waals surface area contributed by atoms with Crippen molar-refractivity contribution in [3.8, 4) is 0 Å². The predicted molar refractivity (Wildman–Crippen MR) is 68.2 cm³/mol. The van der Waals surface area contributed by atoms with Crippen LogP contribution in [0.2, 0.25) is 5.22 Å². The Hall–Kier alpha value is -0.770. The summed E-state index contributed by atoms with van der Waals surface area (Å²) in [5, 5.41) is 8.10. The third-order valence-corrected chi connectivity index (χ3v) is 3.40. The molecular weight excluding hydrogens is 242 g/mol. The number of halogens is 1. The van der Waals surface area contributed by atoms with Crippen LogP contribution in [0.4, 0.5) is 0 Å². The van der Waals surface area contributed by atoms with Gasteiger partial charge in [-0.2, -0.15) is 11.3 Å². The van der Waals surface area contributed by atoms with Gasteiger partial charge in [0, 0.05) is 6.54 Å². The fourth-order valence-electron chi connectivity index (χ4n) is 1.53.